The Balaban J connectivity index is 2.35. The summed E-state index contributed by atoms with van der Waals surface area (Å²) in [5.74, 6) is 0.712. The van der Waals surface area contributed by atoms with E-state index in [1.807, 2.05) is 13.8 Å². The van der Waals surface area contributed by atoms with E-state index in [1.165, 1.54) is 17.1 Å². The van der Waals surface area contributed by atoms with Gasteiger partial charge in [-0.1, -0.05) is 11.6 Å². The van der Waals surface area contributed by atoms with Crippen LogP contribution < -0.4 is 5.56 Å². The van der Waals surface area contributed by atoms with Gasteiger partial charge in [0.25, 0.3) is 5.56 Å². The van der Waals surface area contributed by atoms with E-state index in [9.17, 15) is 4.79 Å². The Morgan fingerprint density at radius 3 is 2.88 bits per heavy atom. The van der Waals surface area contributed by atoms with Gasteiger partial charge in [-0.25, -0.2) is 14.6 Å². The number of hydrogen-bond donors (Lipinski definition) is 0. The summed E-state index contributed by atoms with van der Waals surface area (Å²) in [5, 5.41) is 4.07. The first-order chi connectivity index (χ1) is 8.09. The zero-order chi connectivity index (χ0) is 12.4. The minimum absolute atomic E-state index is 0.0388. The first-order valence-electron chi connectivity index (χ1n) is 5.19. The monoisotopic (exact) mass is 253 g/mol. The Labute approximate surface area is 103 Å². The van der Waals surface area contributed by atoms with Crippen LogP contribution in [0.3, 0.4) is 0 Å². The Morgan fingerprint density at radius 1 is 1.41 bits per heavy atom. The van der Waals surface area contributed by atoms with Crippen LogP contribution in [0.25, 0.3) is 0 Å². The third-order valence-corrected chi connectivity index (χ3v) is 2.58. The third-order valence-electron chi connectivity index (χ3n) is 2.32. The molecular weight excluding hydrogens is 242 g/mol. The molecule has 0 radical (unpaired) electrons. The van der Waals surface area contributed by atoms with Gasteiger partial charge in [0, 0.05) is 18.4 Å². The number of nitrogens with zero attached hydrogens (tertiary/aromatic N) is 5. The Hall–Kier alpha value is -1.69. The van der Waals surface area contributed by atoms with Gasteiger partial charge in [-0.05, 0) is 13.8 Å². The molecule has 0 amide bonds. The Kier molecular flexibility index (Phi) is 3.23. The summed E-state index contributed by atoms with van der Waals surface area (Å²) in [6, 6.07) is 0.195. The summed E-state index contributed by atoms with van der Waals surface area (Å²) < 4.78 is 3.22. The number of rotatable bonds is 3. The molecule has 0 saturated carbocycles. The second-order valence-corrected chi connectivity index (χ2v) is 4.22. The first-order valence-corrected chi connectivity index (χ1v) is 5.56. The molecule has 17 heavy (non-hydrogen) atoms. The van der Waals surface area contributed by atoms with Gasteiger partial charge in [0.1, 0.15) is 12.2 Å². The van der Waals surface area contributed by atoms with Crippen LogP contribution in [0.1, 0.15) is 25.7 Å². The summed E-state index contributed by atoms with van der Waals surface area (Å²) in [4.78, 5) is 19.5. The van der Waals surface area contributed by atoms with Gasteiger partial charge in [0.2, 0.25) is 0 Å². The molecule has 0 spiro atoms. The van der Waals surface area contributed by atoms with Crippen molar-refractivity contribution in [2.45, 2.75) is 26.4 Å². The molecule has 0 aliphatic carbocycles. The van der Waals surface area contributed by atoms with Gasteiger partial charge in [-0.15, -0.1) is 0 Å². The van der Waals surface area contributed by atoms with Crippen LogP contribution in [-0.2, 0) is 6.54 Å². The normalized spacial score (nSPS) is 11.1. The predicted octanol–water partition coefficient (Wildman–Crippen LogP) is 1.12. The molecule has 0 atom stereocenters. The average molecular weight is 254 g/mol. The topological polar surface area (TPSA) is 65.6 Å². The van der Waals surface area contributed by atoms with Gasteiger partial charge < -0.3 is 4.57 Å². The molecular formula is C10H12ClN5O. The minimum atomic E-state index is -0.326. The maximum absolute atomic E-state index is 11.7. The molecule has 2 aromatic rings. The Bertz CT molecular complexity index is 574. The van der Waals surface area contributed by atoms with E-state index in [1.54, 1.807) is 10.9 Å². The van der Waals surface area contributed by atoms with Crippen molar-refractivity contribution in [2.75, 3.05) is 0 Å². The fraction of sp³-hybridized carbons (Fsp3) is 0.400. The average Bonchev–Trinajstić information content (AvgIpc) is 2.73. The predicted molar refractivity (Wildman–Crippen MR) is 63.0 cm³/mol. The highest BCUT2D eigenvalue weighted by Crippen LogP contribution is 2.06. The van der Waals surface area contributed by atoms with Crippen molar-refractivity contribution in [3.05, 3.63) is 40.1 Å². The van der Waals surface area contributed by atoms with Crippen LogP contribution in [0.2, 0.25) is 5.15 Å². The van der Waals surface area contributed by atoms with Crippen molar-refractivity contribution in [1.29, 1.82) is 0 Å². The van der Waals surface area contributed by atoms with E-state index in [2.05, 4.69) is 15.1 Å². The van der Waals surface area contributed by atoms with Crippen LogP contribution in [-0.4, -0.2) is 24.3 Å². The zero-order valence-electron chi connectivity index (χ0n) is 9.54. The van der Waals surface area contributed by atoms with E-state index in [4.69, 9.17) is 11.6 Å². The molecule has 2 aromatic heterocycles. The van der Waals surface area contributed by atoms with Crippen molar-refractivity contribution in [3.63, 3.8) is 0 Å². The number of hydrogen-bond acceptors (Lipinski definition) is 4. The highest BCUT2D eigenvalue weighted by atomic mass is 35.5. The standard InChI is InChI=1S/C10H12ClN5O/c1-7(2)16-8(13-6-14-16)5-15-4-3-12-9(11)10(15)17/h3-4,6-7H,5H2,1-2H3. The fourth-order valence-corrected chi connectivity index (χ4v) is 1.68. The lowest BCUT2D eigenvalue weighted by molar-refractivity contribution is 0.493. The van der Waals surface area contributed by atoms with Gasteiger partial charge >= 0.3 is 0 Å². The number of halogens is 1. The molecule has 0 saturated heterocycles. The largest absolute Gasteiger partial charge is 0.304 e. The van der Waals surface area contributed by atoms with Crippen LogP contribution in [0.15, 0.2) is 23.5 Å². The third kappa shape index (κ3) is 2.36. The van der Waals surface area contributed by atoms with E-state index < -0.39 is 0 Å². The molecule has 0 aromatic carbocycles. The lowest BCUT2D eigenvalue weighted by Crippen LogP contribution is -2.23. The minimum Gasteiger partial charge on any atom is -0.304 e. The molecule has 0 aliphatic heterocycles. The van der Waals surface area contributed by atoms with Gasteiger partial charge in [0.15, 0.2) is 5.15 Å². The highest BCUT2D eigenvalue weighted by Gasteiger charge is 2.10. The van der Waals surface area contributed by atoms with Crippen molar-refractivity contribution in [2.24, 2.45) is 0 Å². The summed E-state index contributed by atoms with van der Waals surface area (Å²) >= 11 is 5.67. The summed E-state index contributed by atoms with van der Waals surface area (Å²) in [7, 11) is 0. The smallest absolute Gasteiger partial charge is 0.288 e. The van der Waals surface area contributed by atoms with Gasteiger partial charge in [0.05, 0.1) is 6.54 Å². The van der Waals surface area contributed by atoms with E-state index in [0.29, 0.717) is 12.4 Å². The SMILES string of the molecule is CC(C)n1ncnc1Cn1ccnc(Cl)c1=O. The Morgan fingerprint density at radius 2 is 2.18 bits per heavy atom. The van der Waals surface area contributed by atoms with Crippen LogP contribution in [0, 0.1) is 0 Å². The lowest BCUT2D eigenvalue weighted by atomic mass is 10.4. The maximum Gasteiger partial charge on any atom is 0.288 e. The molecule has 2 rings (SSSR count). The van der Waals surface area contributed by atoms with E-state index >= 15 is 0 Å². The second kappa shape index (κ2) is 4.67. The lowest BCUT2D eigenvalue weighted by Gasteiger charge is -2.10. The van der Waals surface area contributed by atoms with Crippen molar-refractivity contribution in [1.82, 2.24) is 24.3 Å². The van der Waals surface area contributed by atoms with Gasteiger partial charge in [-0.3, -0.25) is 4.79 Å². The molecule has 0 fully saturated rings. The van der Waals surface area contributed by atoms with Gasteiger partial charge in [-0.2, -0.15) is 5.10 Å². The molecule has 2 heterocycles. The van der Waals surface area contributed by atoms with E-state index in [-0.39, 0.29) is 16.8 Å². The van der Waals surface area contributed by atoms with E-state index in [0.717, 1.165) is 0 Å². The van der Waals surface area contributed by atoms with Crippen LogP contribution >= 0.6 is 11.6 Å². The fourth-order valence-electron chi connectivity index (χ4n) is 1.52. The molecule has 0 unspecified atom stereocenters. The summed E-state index contributed by atoms with van der Waals surface area (Å²) in [6.07, 6.45) is 4.54. The first kappa shape index (κ1) is 11.8. The molecule has 0 bridgehead atoms. The second-order valence-electron chi connectivity index (χ2n) is 3.87. The maximum atomic E-state index is 11.7. The quantitative estimate of drug-likeness (QED) is 0.822. The molecule has 7 heteroatoms. The molecule has 0 N–H and O–H groups in total. The molecule has 90 valence electrons. The molecule has 0 aliphatic rings. The summed E-state index contributed by atoms with van der Waals surface area (Å²) in [6.45, 7) is 4.33. The number of aromatic nitrogens is 5. The highest BCUT2D eigenvalue weighted by molar-refractivity contribution is 6.29. The van der Waals surface area contributed by atoms with Crippen molar-refractivity contribution >= 4 is 11.6 Å². The van der Waals surface area contributed by atoms with Crippen molar-refractivity contribution in [3.8, 4) is 0 Å². The summed E-state index contributed by atoms with van der Waals surface area (Å²) in [5.41, 5.74) is -0.326. The van der Waals surface area contributed by atoms with Crippen molar-refractivity contribution < 1.29 is 0 Å². The van der Waals surface area contributed by atoms with Crippen LogP contribution in [0.4, 0.5) is 0 Å². The zero-order valence-corrected chi connectivity index (χ0v) is 10.3. The van der Waals surface area contributed by atoms with Crippen LogP contribution in [0.5, 0.6) is 0 Å². The molecule has 6 nitrogen and oxygen atoms in total.